The molecule has 2 N–H and O–H groups in total. The molecule has 0 atom stereocenters. The lowest BCUT2D eigenvalue weighted by Crippen LogP contribution is -2.09. The molecule has 1 heterocycles. The monoisotopic (exact) mass is 280 g/mol. The number of aryl methyl sites for hydroxylation is 1. The Kier molecular flexibility index (Phi) is 3.69. The number of carbonyl (C=O) groups excluding carboxylic acids is 1. The van der Waals surface area contributed by atoms with Gasteiger partial charge >= 0.3 is 0 Å². The summed E-state index contributed by atoms with van der Waals surface area (Å²) in [5.41, 5.74) is 5.33. The van der Waals surface area contributed by atoms with E-state index in [1.807, 2.05) is 30.3 Å². The van der Waals surface area contributed by atoms with Gasteiger partial charge < -0.3 is 5.32 Å². The van der Waals surface area contributed by atoms with Gasteiger partial charge in [0.25, 0.3) is 0 Å². The number of anilines is 1. The summed E-state index contributed by atoms with van der Waals surface area (Å²) in [5, 5.41) is 18.7. The van der Waals surface area contributed by atoms with E-state index in [0.29, 0.717) is 5.69 Å². The highest BCUT2D eigenvalue weighted by Crippen LogP contribution is 2.30. The second-order valence-corrected chi connectivity index (χ2v) is 5.20. The Morgan fingerprint density at radius 1 is 1.29 bits per heavy atom. The fourth-order valence-electron chi connectivity index (χ4n) is 2.71. The molecule has 1 aromatic heterocycles. The minimum Gasteiger partial charge on any atom is -0.325 e. The molecule has 5 nitrogen and oxygen atoms in total. The molecule has 0 fully saturated rings. The van der Waals surface area contributed by atoms with Crippen LogP contribution in [0.25, 0.3) is 11.3 Å². The van der Waals surface area contributed by atoms with Crippen LogP contribution in [-0.4, -0.2) is 16.1 Å². The van der Waals surface area contributed by atoms with Gasteiger partial charge in [-0.1, -0.05) is 12.1 Å². The number of aromatic amines is 1. The van der Waals surface area contributed by atoms with Crippen LogP contribution < -0.4 is 5.32 Å². The van der Waals surface area contributed by atoms with Gasteiger partial charge in [0.2, 0.25) is 5.91 Å². The molecule has 1 amide bonds. The number of aromatic nitrogens is 2. The quantitative estimate of drug-likeness (QED) is 0.907. The second-order valence-electron chi connectivity index (χ2n) is 5.20. The van der Waals surface area contributed by atoms with Gasteiger partial charge in [0, 0.05) is 22.5 Å². The molecule has 5 heteroatoms. The van der Waals surface area contributed by atoms with Gasteiger partial charge in [0.05, 0.1) is 11.8 Å². The number of amides is 1. The lowest BCUT2D eigenvalue weighted by atomic mass is 9.94. The summed E-state index contributed by atoms with van der Waals surface area (Å²) in [4.78, 5) is 11.4. The Hall–Kier alpha value is -2.61. The van der Waals surface area contributed by atoms with Crippen LogP contribution in [0.3, 0.4) is 0 Å². The maximum Gasteiger partial charge on any atom is 0.238 e. The fraction of sp³-hybridized carbons (Fsp3) is 0.312. The van der Waals surface area contributed by atoms with E-state index in [9.17, 15) is 4.79 Å². The lowest BCUT2D eigenvalue weighted by molar-refractivity contribution is -0.115. The van der Waals surface area contributed by atoms with Crippen LogP contribution in [0.5, 0.6) is 0 Å². The number of carbonyl (C=O) groups is 1. The van der Waals surface area contributed by atoms with Gasteiger partial charge in [0.15, 0.2) is 0 Å². The molecule has 0 saturated heterocycles. The Balaban J connectivity index is 1.80. The van der Waals surface area contributed by atoms with Crippen LogP contribution in [0.4, 0.5) is 5.69 Å². The number of nitrogens with one attached hydrogen (secondary N) is 2. The SMILES string of the molecule is N#CCC(=O)Nc1ccc(-c2n[nH]c3c2CCCC3)cc1. The number of nitriles is 1. The zero-order chi connectivity index (χ0) is 14.7. The Labute approximate surface area is 123 Å². The first-order valence-corrected chi connectivity index (χ1v) is 7.11. The van der Waals surface area contributed by atoms with Crippen molar-refractivity contribution >= 4 is 11.6 Å². The van der Waals surface area contributed by atoms with Crippen molar-refractivity contribution in [3.63, 3.8) is 0 Å². The largest absolute Gasteiger partial charge is 0.325 e. The summed E-state index contributed by atoms with van der Waals surface area (Å²) in [6.45, 7) is 0. The highest BCUT2D eigenvalue weighted by atomic mass is 16.1. The van der Waals surface area contributed by atoms with Crippen molar-refractivity contribution in [1.82, 2.24) is 10.2 Å². The van der Waals surface area contributed by atoms with Crippen LogP contribution in [0.2, 0.25) is 0 Å². The van der Waals surface area contributed by atoms with E-state index in [1.165, 1.54) is 24.1 Å². The minimum absolute atomic E-state index is 0.130. The predicted octanol–water partition coefficient (Wildman–Crippen LogP) is 2.81. The first kappa shape index (κ1) is 13.4. The van der Waals surface area contributed by atoms with Crippen LogP contribution in [0.1, 0.15) is 30.5 Å². The number of H-pyrrole nitrogens is 1. The molecule has 3 rings (SSSR count). The van der Waals surface area contributed by atoms with Gasteiger partial charge in [-0.3, -0.25) is 9.89 Å². The Morgan fingerprint density at radius 3 is 2.81 bits per heavy atom. The molecule has 0 unspecified atom stereocenters. The second kappa shape index (κ2) is 5.80. The van der Waals surface area contributed by atoms with Crippen LogP contribution in [-0.2, 0) is 17.6 Å². The minimum atomic E-state index is -0.289. The van der Waals surface area contributed by atoms with E-state index in [0.717, 1.165) is 24.1 Å². The number of benzene rings is 1. The normalized spacial score (nSPS) is 13.3. The molecule has 1 aliphatic carbocycles. The third-order valence-corrected chi connectivity index (χ3v) is 3.74. The van der Waals surface area contributed by atoms with E-state index < -0.39 is 0 Å². The van der Waals surface area contributed by atoms with E-state index in [1.54, 1.807) is 0 Å². The summed E-state index contributed by atoms with van der Waals surface area (Å²) in [7, 11) is 0. The zero-order valence-corrected chi connectivity index (χ0v) is 11.6. The smallest absolute Gasteiger partial charge is 0.238 e. The highest BCUT2D eigenvalue weighted by molar-refractivity contribution is 5.92. The van der Waals surface area contributed by atoms with E-state index in [4.69, 9.17) is 5.26 Å². The summed E-state index contributed by atoms with van der Waals surface area (Å²) in [5.74, 6) is -0.289. The molecule has 0 bridgehead atoms. The first-order valence-electron chi connectivity index (χ1n) is 7.11. The van der Waals surface area contributed by atoms with E-state index in [-0.39, 0.29) is 12.3 Å². The molecule has 1 aromatic carbocycles. The average molecular weight is 280 g/mol. The van der Waals surface area contributed by atoms with Gasteiger partial charge in [-0.2, -0.15) is 10.4 Å². The van der Waals surface area contributed by atoms with E-state index >= 15 is 0 Å². The predicted molar refractivity (Wildman–Crippen MR) is 79.5 cm³/mol. The number of hydrogen-bond acceptors (Lipinski definition) is 3. The molecular weight excluding hydrogens is 264 g/mol. The fourth-order valence-corrected chi connectivity index (χ4v) is 2.71. The maximum absolute atomic E-state index is 11.4. The van der Waals surface area contributed by atoms with Gasteiger partial charge in [0.1, 0.15) is 6.42 Å². The van der Waals surface area contributed by atoms with Crippen molar-refractivity contribution in [2.24, 2.45) is 0 Å². The molecular formula is C16H16N4O. The van der Waals surface area contributed by atoms with Crippen molar-refractivity contribution in [3.05, 3.63) is 35.5 Å². The number of rotatable bonds is 3. The molecule has 21 heavy (non-hydrogen) atoms. The summed E-state index contributed by atoms with van der Waals surface area (Å²) >= 11 is 0. The Morgan fingerprint density at radius 2 is 2.05 bits per heavy atom. The van der Waals surface area contributed by atoms with Crippen LogP contribution in [0.15, 0.2) is 24.3 Å². The molecule has 0 aliphatic heterocycles. The molecule has 1 aliphatic rings. The summed E-state index contributed by atoms with van der Waals surface area (Å²) < 4.78 is 0. The third-order valence-electron chi connectivity index (χ3n) is 3.74. The third kappa shape index (κ3) is 2.79. The molecule has 2 aromatic rings. The van der Waals surface area contributed by atoms with Crippen molar-refractivity contribution in [3.8, 4) is 17.3 Å². The standard InChI is InChI=1S/C16H16N4O/c17-10-9-15(21)18-12-7-5-11(6-8-12)16-13-3-1-2-4-14(13)19-20-16/h5-8H,1-4,9H2,(H,18,21)(H,19,20). The molecule has 106 valence electrons. The average Bonchev–Trinajstić information content (AvgIpc) is 2.92. The van der Waals surface area contributed by atoms with Crippen molar-refractivity contribution in [2.75, 3.05) is 5.32 Å². The number of fused-ring (bicyclic) bond motifs is 1. The molecule has 0 spiro atoms. The van der Waals surface area contributed by atoms with Gasteiger partial charge in [-0.05, 0) is 37.8 Å². The topological polar surface area (TPSA) is 81.6 Å². The number of nitrogens with zero attached hydrogens (tertiary/aromatic N) is 2. The van der Waals surface area contributed by atoms with Crippen molar-refractivity contribution in [2.45, 2.75) is 32.1 Å². The van der Waals surface area contributed by atoms with Gasteiger partial charge in [-0.15, -0.1) is 0 Å². The molecule has 0 radical (unpaired) electrons. The van der Waals surface area contributed by atoms with Gasteiger partial charge in [-0.25, -0.2) is 0 Å². The zero-order valence-electron chi connectivity index (χ0n) is 11.6. The van der Waals surface area contributed by atoms with Crippen LogP contribution in [0, 0.1) is 11.3 Å². The Bertz CT molecular complexity index is 694. The summed E-state index contributed by atoms with van der Waals surface area (Å²) in [6, 6.07) is 9.42. The molecule has 0 saturated carbocycles. The maximum atomic E-state index is 11.4. The van der Waals surface area contributed by atoms with Crippen molar-refractivity contribution < 1.29 is 4.79 Å². The summed E-state index contributed by atoms with van der Waals surface area (Å²) in [6.07, 6.45) is 4.45. The number of hydrogen-bond donors (Lipinski definition) is 2. The van der Waals surface area contributed by atoms with Crippen LogP contribution >= 0.6 is 0 Å². The van der Waals surface area contributed by atoms with E-state index in [2.05, 4.69) is 15.5 Å². The first-order chi connectivity index (χ1) is 10.3. The highest BCUT2D eigenvalue weighted by Gasteiger charge is 2.17. The van der Waals surface area contributed by atoms with Crippen molar-refractivity contribution in [1.29, 1.82) is 5.26 Å². The lowest BCUT2D eigenvalue weighted by Gasteiger charge is -2.11.